The number of nitrogen functional groups attached to an aromatic ring is 2. The first kappa shape index (κ1) is 12.5. The van der Waals surface area contributed by atoms with Gasteiger partial charge in [-0.05, 0) is 73.2 Å². The van der Waals surface area contributed by atoms with Gasteiger partial charge in [0.05, 0.1) is 0 Å². The molecule has 0 saturated heterocycles. The summed E-state index contributed by atoms with van der Waals surface area (Å²) in [5.41, 5.74) is 18.6. The maximum absolute atomic E-state index is 5.83. The average Bonchev–Trinajstić information content (AvgIpc) is 2.34. The predicted molar refractivity (Wildman–Crippen MR) is 78.6 cm³/mol. The van der Waals surface area contributed by atoms with Crippen LogP contribution in [0, 0.1) is 13.8 Å². The summed E-state index contributed by atoms with van der Waals surface area (Å²) in [5.74, 6) is 0. The molecular formula is C16H20N2. The monoisotopic (exact) mass is 240 g/mol. The van der Waals surface area contributed by atoms with Crippen molar-refractivity contribution < 1.29 is 0 Å². The lowest BCUT2D eigenvalue weighted by molar-refractivity contribution is 0.940. The molecule has 2 aromatic rings. The smallest absolute Gasteiger partial charge is 0.0316 e. The fourth-order valence-electron chi connectivity index (χ4n) is 2.19. The molecule has 18 heavy (non-hydrogen) atoms. The lowest BCUT2D eigenvalue weighted by Gasteiger charge is -2.09. The zero-order valence-electron chi connectivity index (χ0n) is 11.0. The Morgan fingerprint density at radius 2 is 1.11 bits per heavy atom. The van der Waals surface area contributed by atoms with Crippen molar-refractivity contribution in [3.8, 4) is 0 Å². The first-order valence-electron chi connectivity index (χ1n) is 6.26. The molecule has 2 rings (SSSR count). The quantitative estimate of drug-likeness (QED) is 0.809. The van der Waals surface area contributed by atoms with Gasteiger partial charge in [-0.1, -0.05) is 12.1 Å². The van der Waals surface area contributed by atoms with Gasteiger partial charge >= 0.3 is 0 Å². The largest absolute Gasteiger partial charge is 0.399 e. The fraction of sp³-hybridized carbons (Fsp3) is 0.250. The van der Waals surface area contributed by atoms with E-state index in [2.05, 4.69) is 38.1 Å². The minimum Gasteiger partial charge on any atom is -0.399 e. The molecule has 2 heteroatoms. The highest BCUT2D eigenvalue weighted by Crippen LogP contribution is 2.18. The zero-order valence-corrected chi connectivity index (χ0v) is 11.0. The van der Waals surface area contributed by atoms with Crippen molar-refractivity contribution in [1.29, 1.82) is 0 Å². The Kier molecular flexibility index (Phi) is 3.56. The van der Waals surface area contributed by atoms with Crippen LogP contribution in [0.25, 0.3) is 0 Å². The number of rotatable bonds is 3. The van der Waals surface area contributed by atoms with Gasteiger partial charge in [-0.3, -0.25) is 0 Å². The number of anilines is 2. The van der Waals surface area contributed by atoms with Crippen LogP contribution in [0.4, 0.5) is 11.4 Å². The van der Waals surface area contributed by atoms with E-state index < -0.39 is 0 Å². The van der Waals surface area contributed by atoms with Gasteiger partial charge in [0.25, 0.3) is 0 Å². The van der Waals surface area contributed by atoms with E-state index in [1.807, 2.05) is 12.1 Å². The van der Waals surface area contributed by atoms with E-state index in [0.29, 0.717) is 0 Å². The van der Waals surface area contributed by atoms with E-state index in [1.165, 1.54) is 22.3 Å². The Morgan fingerprint density at radius 1 is 0.722 bits per heavy atom. The van der Waals surface area contributed by atoms with E-state index in [1.54, 1.807) is 0 Å². The van der Waals surface area contributed by atoms with Crippen LogP contribution in [0.5, 0.6) is 0 Å². The van der Waals surface area contributed by atoms with Crippen LogP contribution in [0.2, 0.25) is 0 Å². The molecule has 2 nitrogen and oxygen atoms in total. The first-order chi connectivity index (χ1) is 8.56. The minimum absolute atomic E-state index is 0.833. The maximum atomic E-state index is 5.83. The molecule has 0 unspecified atom stereocenters. The van der Waals surface area contributed by atoms with Gasteiger partial charge in [0.2, 0.25) is 0 Å². The van der Waals surface area contributed by atoms with Crippen LogP contribution in [0.1, 0.15) is 22.3 Å². The van der Waals surface area contributed by atoms with Crippen LogP contribution in [0.3, 0.4) is 0 Å². The second kappa shape index (κ2) is 5.13. The molecule has 0 radical (unpaired) electrons. The Labute approximate surface area is 109 Å². The van der Waals surface area contributed by atoms with Crippen molar-refractivity contribution >= 4 is 11.4 Å². The molecule has 0 fully saturated rings. The van der Waals surface area contributed by atoms with E-state index in [0.717, 1.165) is 24.2 Å². The summed E-state index contributed by atoms with van der Waals surface area (Å²) >= 11 is 0. The van der Waals surface area contributed by atoms with E-state index in [9.17, 15) is 0 Å². The molecule has 0 spiro atoms. The average molecular weight is 240 g/mol. The van der Waals surface area contributed by atoms with E-state index in [-0.39, 0.29) is 0 Å². The topological polar surface area (TPSA) is 52.0 Å². The van der Waals surface area contributed by atoms with Crippen LogP contribution in [0.15, 0.2) is 36.4 Å². The van der Waals surface area contributed by atoms with E-state index in [4.69, 9.17) is 11.5 Å². The van der Waals surface area contributed by atoms with Gasteiger partial charge in [-0.15, -0.1) is 0 Å². The molecule has 0 aliphatic heterocycles. The fourth-order valence-corrected chi connectivity index (χ4v) is 2.19. The van der Waals surface area contributed by atoms with Crippen LogP contribution in [-0.2, 0) is 12.8 Å². The molecule has 0 heterocycles. The van der Waals surface area contributed by atoms with E-state index >= 15 is 0 Å². The molecule has 0 bridgehead atoms. The van der Waals surface area contributed by atoms with Crippen molar-refractivity contribution in [3.05, 3.63) is 58.7 Å². The van der Waals surface area contributed by atoms with Gasteiger partial charge in [0, 0.05) is 11.4 Å². The summed E-state index contributed by atoms with van der Waals surface area (Å²) in [7, 11) is 0. The molecule has 0 aromatic heterocycles. The number of benzene rings is 2. The van der Waals surface area contributed by atoms with Gasteiger partial charge < -0.3 is 11.5 Å². The molecule has 2 aromatic carbocycles. The summed E-state index contributed by atoms with van der Waals surface area (Å²) in [6, 6.07) is 12.2. The molecule has 0 aliphatic rings. The Morgan fingerprint density at radius 3 is 1.50 bits per heavy atom. The third-order valence-corrected chi connectivity index (χ3v) is 3.41. The minimum atomic E-state index is 0.833. The van der Waals surface area contributed by atoms with Crippen molar-refractivity contribution in [3.63, 3.8) is 0 Å². The summed E-state index contributed by atoms with van der Waals surface area (Å²) in [6.07, 6.45) is 2.00. The number of hydrogen-bond donors (Lipinski definition) is 2. The molecule has 0 amide bonds. The van der Waals surface area contributed by atoms with Crippen LogP contribution < -0.4 is 11.5 Å². The Bertz CT molecular complexity index is 508. The summed E-state index contributed by atoms with van der Waals surface area (Å²) in [4.78, 5) is 0. The lowest BCUT2D eigenvalue weighted by atomic mass is 9.97. The molecule has 0 atom stereocenters. The summed E-state index contributed by atoms with van der Waals surface area (Å²) in [6.45, 7) is 4.25. The standard InChI is InChI=1S/C16H20N2/c1-11-3-7-15(17)9-13(11)5-6-14-10-16(18)8-4-12(14)2/h3-4,7-10H,5-6,17-18H2,1-2H3. The summed E-state index contributed by atoms with van der Waals surface area (Å²) in [5, 5.41) is 0. The maximum Gasteiger partial charge on any atom is 0.0316 e. The molecule has 0 saturated carbocycles. The molecule has 0 aliphatic carbocycles. The second-order valence-corrected chi connectivity index (χ2v) is 4.87. The van der Waals surface area contributed by atoms with Crippen molar-refractivity contribution in [2.75, 3.05) is 11.5 Å². The second-order valence-electron chi connectivity index (χ2n) is 4.87. The zero-order chi connectivity index (χ0) is 13.1. The molecular weight excluding hydrogens is 220 g/mol. The highest BCUT2D eigenvalue weighted by molar-refractivity contribution is 5.46. The van der Waals surface area contributed by atoms with Crippen LogP contribution in [-0.4, -0.2) is 0 Å². The van der Waals surface area contributed by atoms with Crippen molar-refractivity contribution in [1.82, 2.24) is 0 Å². The first-order valence-corrected chi connectivity index (χ1v) is 6.26. The third kappa shape index (κ3) is 2.83. The SMILES string of the molecule is Cc1ccc(N)cc1CCc1cc(N)ccc1C. The highest BCUT2D eigenvalue weighted by atomic mass is 14.5. The predicted octanol–water partition coefficient (Wildman–Crippen LogP) is 3.25. The van der Waals surface area contributed by atoms with Crippen molar-refractivity contribution in [2.24, 2.45) is 0 Å². The normalized spacial score (nSPS) is 10.6. The lowest BCUT2D eigenvalue weighted by Crippen LogP contribution is -1.99. The third-order valence-electron chi connectivity index (χ3n) is 3.41. The Balaban J connectivity index is 2.16. The van der Waals surface area contributed by atoms with Gasteiger partial charge in [-0.25, -0.2) is 0 Å². The van der Waals surface area contributed by atoms with Gasteiger partial charge in [0.15, 0.2) is 0 Å². The Hall–Kier alpha value is -1.96. The number of aryl methyl sites for hydroxylation is 4. The molecule has 4 N–H and O–H groups in total. The van der Waals surface area contributed by atoms with Crippen LogP contribution >= 0.6 is 0 Å². The van der Waals surface area contributed by atoms with Crippen molar-refractivity contribution in [2.45, 2.75) is 26.7 Å². The molecule has 94 valence electrons. The van der Waals surface area contributed by atoms with Gasteiger partial charge in [0.1, 0.15) is 0 Å². The highest BCUT2D eigenvalue weighted by Gasteiger charge is 2.03. The number of nitrogens with two attached hydrogens (primary N) is 2. The van der Waals surface area contributed by atoms with Gasteiger partial charge in [-0.2, -0.15) is 0 Å². The number of hydrogen-bond acceptors (Lipinski definition) is 2. The summed E-state index contributed by atoms with van der Waals surface area (Å²) < 4.78 is 0.